The molecule has 2 aromatic carbocycles. The maximum absolute atomic E-state index is 14.2. The summed E-state index contributed by atoms with van der Waals surface area (Å²) in [7, 11) is 3.13. The highest BCUT2D eigenvalue weighted by atomic mass is 19.1. The molecule has 7 heteroatoms. The summed E-state index contributed by atoms with van der Waals surface area (Å²) in [6.07, 6.45) is 1.85. The molecule has 31 heavy (non-hydrogen) atoms. The van der Waals surface area contributed by atoms with Crippen LogP contribution in [-0.4, -0.2) is 50.6 Å². The average molecular weight is 429 g/mol. The highest BCUT2D eigenvalue weighted by Crippen LogP contribution is 2.39. The summed E-state index contributed by atoms with van der Waals surface area (Å²) >= 11 is 0. The van der Waals surface area contributed by atoms with E-state index in [1.165, 1.54) is 12.1 Å². The Morgan fingerprint density at radius 2 is 1.90 bits per heavy atom. The topological polar surface area (TPSA) is 67.9 Å². The number of halogens is 1. The van der Waals surface area contributed by atoms with E-state index in [0.717, 1.165) is 18.4 Å². The van der Waals surface area contributed by atoms with Crippen molar-refractivity contribution in [2.45, 2.75) is 25.7 Å². The van der Waals surface area contributed by atoms with Crippen LogP contribution in [0.2, 0.25) is 0 Å². The Morgan fingerprint density at radius 3 is 2.58 bits per heavy atom. The van der Waals surface area contributed by atoms with E-state index in [0.29, 0.717) is 24.6 Å². The fourth-order valence-corrected chi connectivity index (χ4v) is 4.00. The molecule has 1 fully saturated rings. The number of likely N-dealkylation sites (tertiary alicyclic amines) is 1. The summed E-state index contributed by atoms with van der Waals surface area (Å²) in [5.74, 6) is -0.604. The standard InChI is InChI=1S/C24H29FN2O4/c1-4-5-12-26-23(28)20-15-27(24(29)18-8-6-7-9-21(18)25)14-19(20)17-11-10-16(30-2)13-22(17)31-3/h6-11,13,19-20H,4-5,12,14-15H2,1-3H3,(H,26,28)/t19-,20-/m0/s1. The van der Waals surface area contributed by atoms with Crippen molar-refractivity contribution >= 4 is 11.8 Å². The molecule has 1 aliphatic heterocycles. The second-order valence-electron chi connectivity index (χ2n) is 7.66. The average Bonchev–Trinajstić information content (AvgIpc) is 3.24. The zero-order chi connectivity index (χ0) is 22.4. The molecule has 0 bridgehead atoms. The molecule has 3 rings (SSSR count). The molecular weight excluding hydrogens is 399 g/mol. The third kappa shape index (κ3) is 4.98. The fourth-order valence-electron chi connectivity index (χ4n) is 4.00. The van der Waals surface area contributed by atoms with E-state index in [1.807, 2.05) is 12.1 Å². The van der Waals surface area contributed by atoms with E-state index >= 15 is 0 Å². The summed E-state index contributed by atoms with van der Waals surface area (Å²) < 4.78 is 25.0. The summed E-state index contributed by atoms with van der Waals surface area (Å²) in [5.41, 5.74) is 0.831. The maximum Gasteiger partial charge on any atom is 0.256 e. The minimum Gasteiger partial charge on any atom is -0.497 e. The number of carbonyl (C=O) groups excluding carboxylic acids is 2. The van der Waals surface area contributed by atoms with Crippen molar-refractivity contribution in [1.29, 1.82) is 0 Å². The van der Waals surface area contributed by atoms with Gasteiger partial charge in [0.1, 0.15) is 17.3 Å². The van der Waals surface area contributed by atoms with Crippen molar-refractivity contribution < 1.29 is 23.5 Å². The smallest absolute Gasteiger partial charge is 0.256 e. The quantitative estimate of drug-likeness (QED) is 0.652. The van der Waals surface area contributed by atoms with Crippen molar-refractivity contribution in [2.24, 2.45) is 5.92 Å². The van der Waals surface area contributed by atoms with E-state index in [2.05, 4.69) is 12.2 Å². The Labute approximate surface area is 182 Å². The number of ether oxygens (including phenoxy) is 2. The van der Waals surface area contributed by atoms with Gasteiger partial charge in [-0.25, -0.2) is 4.39 Å². The van der Waals surface area contributed by atoms with E-state index in [1.54, 1.807) is 37.3 Å². The third-order valence-corrected chi connectivity index (χ3v) is 5.72. The number of unbranched alkanes of at least 4 members (excludes halogenated alkanes) is 1. The Balaban J connectivity index is 1.92. The molecule has 0 unspecified atom stereocenters. The lowest BCUT2D eigenvalue weighted by Crippen LogP contribution is -2.36. The van der Waals surface area contributed by atoms with Crippen LogP contribution in [0.1, 0.15) is 41.6 Å². The maximum atomic E-state index is 14.2. The number of nitrogens with zero attached hydrogens (tertiary/aromatic N) is 1. The van der Waals surface area contributed by atoms with Crippen molar-refractivity contribution in [3.05, 3.63) is 59.4 Å². The zero-order valence-electron chi connectivity index (χ0n) is 18.2. The first-order valence-corrected chi connectivity index (χ1v) is 10.5. The van der Waals surface area contributed by atoms with Crippen LogP contribution in [0, 0.1) is 11.7 Å². The number of carbonyl (C=O) groups is 2. The molecule has 1 saturated heterocycles. The molecule has 1 heterocycles. The Kier molecular flexibility index (Phi) is 7.50. The first kappa shape index (κ1) is 22.6. The number of benzene rings is 2. The lowest BCUT2D eigenvalue weighted by Gasteiger charge is -2.21. The SMILES string of the molecule is CCCCNC(=O)[C@H]1CN(C(=O)c2ccccc2F)C[C@H]1c1ccc(OC)cc1OC. The van der Waals surface area contributed by atoms with Crippen LogP contribution >= 0.6 is 0 Å². The van der Waals surface area contributed by atoms with Gasteiger partial charge in [0.15, 0.2) is 0 Å². The van der Waals surface area contributed by atoms with E-state index in [9.17, 15) is 14.0 Å². The van der Waals surface area contributed by atoms with Crippen molar-refractivity contribution in [2.75, 3.05) is 33.9 Å². The van der Waals surface area contributed by atoms with Gasteiger partial charge in [-0.15, -0.1) is 0 Å². The van der Waals surface area contributed by atoms with Crippen LogP contribution in [0.25, 0.3) is 0 Å². The molecule has 0 saturated carbocycles. The van der Waals surface area contributed by atoms with Crippen LogP contribution in [0.15, 0.2) is 42.5 Å². The van der Waals surface area contributed by atoms with E-state index in [-0.39, 0.29) is 23.9 Å². The van der Waals surface area contributed by atoms with Crippen molar-refractivity contribution in [3.63, 3.8) is 0 Å². The van der Waals surface area contributed by atoms with Gasteiger partial charge in [-0.3, -0.25) is 9.59 Å². The van der Waals surface area contributed by atoms with Crippen LogP contribution < -0.4 is 14.8 Å². The van der Waals surface area contributed by atoms with E-state index in [4.69, 9.17) is 9.47 Å². The summed E-state index contributed by atoms with van der Waals surface area (Å²) in [6.45, 7) is 3.15. The number of hydrogen-bond acceptors (Lipinski definition) is 4. The van der Waals surface area contributed by atoms with Crippen LogP contribution in [0.3, 0.4) is 0 Å². The summed E-state index contributed by atoms with van der Waals surface area (Å²) in [6, 6.07) is 11.4. The molecule has 166 valence electrons. The van der Waals surface area contributed by atoms with Gasteiger partial charge in [-0.05, 0) is 24.6 Å². The van der Waals surface area contributed by atoms with Crippen molar-refractivity contribution in [1.82, 2.24) is 10.2 Å². The van der Waals surface area contributed by atoms with Gasteiger partial charge in [0.05, 0.1) is 25.7 Å². The number of amides is 2. The number of methoxy groups -OCH3 is 2. The molecule has 1 aliphatic rings. The fraction of sp³-hybridized carbons (Fsp3) is 0.417. The second-order valence-corrected chi connectivity index (χ2v) is 7.66. The normalized spacial score (nSPS) is 18.0. The largest absolute Gasteiger partial charge is 0.497 e. The highest BCUT2D eigenvalue weighted by molar-refractivity contribution is 5.95. The predicted octanol–water partition coefficient (Wildman–Crippen LogP) is 3.62. The van der Waals surface area contributed by atoms with Crippen molar-refractivity contribution in [3.8, 4) is 11.5 Å². The molecule has 1 N–H and O–H groups in total. The Hall–Kier alpha value is -3.09. The Bertz CT molecular complexity index is 934. The summed E-state index contributed by atoms with van der Waals surface area (Å²) in [4.78, 5) is 27.6. The molecule has 2 amide bonds. The molecule has 2 aromatic rings. The van der Waals surface area contributed by atoms with Crippen LogP contribution in [0.5, 0.6) is 11.5 Å². The minimum atomic E-state index is -0.568. The van der Waals surface area contributed by atoms with Crippen LogP contribution in [-0.2, 0) is 4.79 Å². The van der Waals surface area contributed by atoms with Gasteiger partial charge in [0.25, 0.3) is 5.91 Å². The van der Waals surface area contributed by atoms with E-state index < -0.39 is 17.6 Å². The lowest BCUT2D eigenvalue weighted by atomic mass is 9.87. The number of hydrogen-bond donors (Lipinski definition) is 1. The molecule has 6 nitrogen and oxygen atoms in total. The molecule has 0 aliphatic carbocycles. The first-order chi connectivity index (χ1) is 15.0. The molecule has 0 radical (unpaired) electrons. The van der Waals surface area contributed by atoms with Crippen LogP contribution in [0.4, 0.5) is 4.39 Å². The van der Waals surface area contributed by atoms with Gasteiger partial charge in [0.2, 0.25) is 5.91 Å². The highest BCUT2D eigenvalue weighted by Gasteiger charge is 2.42. The zero-order valence-corrected chi connectivity index (χ0v) is 18.2. The monoisotopic (exact) mass is 428 g/mol. The third-order valence-electron chi connectivity index (χ3n) is 5.72. The van der Waals surface area contributed by atoms with Gasteiger partial charge in [-0.1, -0.05) is 31.5 Å². The Morgan fingerprint density at radius 1 is 1.13 bits per heavy atom. The minimum absolute atomic E-state index is 0.00925. The number of nitrogens with one attached hydrogen (secondary N) is 1. The lowest BCUT2D eigenvalue weighted by molar-refractivity contribution is -0.124. The second kappa shape index (κ2) is 10.3. The molecule has 2 atom stereocenters. The number of rotatable bonds is 8. The summed E-state index contributed by atoms with van der Waals surface area (Å²) in [5, 5.41) is 2.98. The molecule has 0 spiro atoms. The van der Waals surface area contributed by atoms with Gasteiger partial charge >= 0.3 is 0 Å². The van der Waals surface area contributed by atoms with Gasteiger partial charge < -0.3 is 19.7 Å². The molecule has 0 aromatic heterocycles. The predicted molar refractivity (Wildman–Crippen MR) is 116 cm³/mol. The molecular formula is C24H29FN2O4. The van der Waals surface area contributed by atoms with Gasteiger partial charge in [0, 0.05) is 37.2 Å². The first-order valence-electron chi connectivity index (χ1n) is 10.5. The van der Waals surface area contributed by atoms with Gasteiger partial charge in [-0.2, -0.15) is 0 Å².